The number of aromatic nitrogens is 2. The highest BCUT2D eigenvalue weighted by Gasteiger charge is 2.33. The number of hydrogen-bond donors (Lipinski definition) is 3. The molecule has 0 spiro atoms. The molecular weight excluding hydrogens is 339 g/mol. The monoisotopic (exact) mass is 347 g/mol. The van der Waals surface area contributed by atoms with Crippen LogP contribution < -0.4 is 10.6 Å². The molecule has 3 rings (SSSR count). The van der Waals surface area contributed by atoms with Crippen molar-refractivity contribution in [3.05, 3.63) is 53.4 Å². The Hall–Kier alpha value is -3.61. The first-order valence-electron chi connectivity index (χ1n) is 6.76. The number of carboxylic acid groups (broad SMARTS) is 1. The molecule has 3 N–H and O–H groups in total. The Morgan fingerprint density at radius 1 is 1.20 bits per heavy atom. The van der Waals surface area contributed by atoms with Crippen LogP contribution >= 0.6 is 0 Å². The number of nitrogens with zero attached hydrogens (tertiary/aromatic N) is 3. The molecule has 0 saturated carbocycles. The van der Waals surface area contributed by atoms with Crippen molar-refractivity contribution in [2.24, 2.45) is 0 Å². The molecule has 0 unspecified atom stereocenters. The van der Waals surface area contributed by atoms with E-state index >= 15 is 0 Å². The molecule has 0 fully saturated rings. The summed E-state index contributed by atoms with van der Waals surface area (Å²) in [5, 5.41) is 23.9. The van der Waals surface area contributed by atoms with Crippen molar-refractivity contribution in [3.8, 4) is 6.07 Å². The molecule has 0 aliphatic carbocycles. The summed E-state index contributed by atoms with van der Waals surface area (Å²) in [5.74, 6) is -1.47. The minimum Gasteiger partial charge on any atom is -0.478 e. The molecule has 7 nitrogen and oxygen atoms in total. The molecule has 0 atom stereocenters. The third kappa shape index (κ3) is 3.07. The number of aromatic carboxylic acids is 1. The quantitative estimate of drug-likeness (QED) is 0.716. The van der Waals surface area contributed by atoms with Gasteiger partial charge in [0.15, 0.2) is 5.82 Å². The second-order valence-electron chi connectivity index (χ2n) is 4.94. The third-order valence-corrected chi connectivity index (χ3v) is 3.32. The van der Waals surface area contributed by atoms with Gasteiger partial charge in [-0.2, -0.15) is 18.4 Å². The fourth-order valence-electron chi connectivity index (χ4n) is 2.17. The molecule has 1 aliphatic rings. The summed E-state index contributed by atoms with van der Waals surface area (Å²) < 4.78 is 38.3. The Morgan fingerprint density at radius 3 is 2.56 bits per heavy atom. The molecule has 1 aromatic heterocycles. The molecule has 2 aromatic rings. The van der Waals surface area contributed by atoms with Crippen LogP contribution in [0, 0.1) is 11.3 Å². The molecule has 1 aliphatic heterocycles. The lowest BCUT2D eigenvalue weighted by Crippen LogP contribution is -2.12. The second kappa shape index (κ2) is 5.79. The number of rotatable bonds is 2. The Balaban J connectivity index is 2.02. The number of nitriles is 1. The number of alkyl halides is 3. The van der Waals surface area contributed by atoms with Crippen molar-refractivity contribution >= 4 is 22.9 Å². The second-order valence-corrected chi connectivity index (χ2v) is 4.94. The van der Waals surface area contributed by atoms with E-state index in [1.807, 2.05) is 0 Å². The van der Waals surface area contributed by atoms with E-state index < -0.39 is 23.7 Å². The van der Waals surface area contributed by atoms with Gasteiger partial charge in [0, 0.05) is 6.20 Å². The van der Waals surface area contributed by atoms with Crippen LogP contribution in [0.3, 0.4) is 0 Å². The Bertz CT molecular complexity index is 947. The number of nitrogens with one attached hydrogen (secondary N) is 2. The smallest absolute Gasteiger partial charge is 0.433 e. The first-order valence-corrected chi connectivity index (χ1v) is 6.76. The number of allylic oxidation sites excluding steroid dienone is 1. The summed E-state index contributed by atoms with van der Waals surface area (Å²) in [6, 6.07) is 6.62. The molecule has 25 heavy (non-hydrogen) atoms. The number of benzene rings is 1. The maximum absolute atomic E-state index is 12.8. The lowest BCUT2D eigenvalue weighted by Gasteiger charge is -2.08. The van der Waals surface area contributed by atoms with Crippen molar-refractivity contribution < 1.29 is 23.1 Å². The fourth-order valence-corrected chi connectivity index (χ4v) is 2.17. The SMILES string of the molecule is N#C/C(=C1/Nc2ccc(C(=O)O)cc2N1)c1nccc(C(F)(F)F)n1. The van der Waals surface area contributed by atoms with Crippen LogP contribution in [0.1, 0.15) is 21.9 Å². The van der Waals surface area contributed by atoms with E-state index in [1.165, 1.54) is 18.2 Å². The van der Waals surface area contributed by atoms with Crippen molar-refractivity contribution in [3.63, 3.8) is 0 Å². The highest BCUT2D eigenvalue weighted by atomic mass is 19.4. The zero-order valence-electron chi connectivity index (χ0n) is 12.2. The minimum atomic E-state index is -4.67. The predicted octanol–water partition coefficient (Wildman–Crippen LogP) is 2.92. The van der Waals surface area contributed by atoms with Gasteiger partial charge in [0.2, 0.25) is 0 Å². The molecular formula is C15H8F3N5O2. The molecule has 1 aromatic carbocycles. The standard InChI is InChI=1S/C15H8F3N5O2/c16-15(17,18)11-3-4-20-12(23-11)8(6-19)13-21-9-2-1-7(14(24)25)5-10(9)22-13/h1-5,21-22H,(H,24,25)/b13-8+. The normalized spacial score (nSPS) is 14.8. The van der Waals surface area contributed by atoms with E-state index in [2.05, 4.69) is 20.6 Å². The largest absolute Gasteiger partial charge is 0.478 e. The van der Waals surface area contributed by atoms with Gasteiger partial charge in [-0.15, -0.1) is 0 Å². The summed E-state index contributed by atoms with van der Waals surface area (Å²) in [6.07, 6.45) is -3.76. The lowest BCUT2D eigenvalue weighted by molar-refractivity contribution is -0.141. The van der Waals surface area contributed by atoms with Gasteiger partial charge in [-0.05, 0) is 24.3 Å². The van der Waals surface area contributed by atoms with Crippen LogP contribution in [0.25, 0.3) is 5.57 Å². The number of carbonyl (C=O) groups is 1. The van der Waals surface area contributed by atoms with Crippen LogP contribution in [-0.4, -0.2) is 21.0 Å². The van der Waals surface area contributed by atoms with E-state index in [0.29, 0.717) is 17.4 Å². The van der Waals surface area contributed by atoms with Crippen LogP contribution in [0.15, 0.2) is 36.3 Å². The average Bonchev–Trinajstić information content (AvgIpc) is 2.97. The Labute approximate surface area is 138 Å². The summed E-state index contributed by atoms with van der Waals surface area (Å²) in [7, 11) is 0. The van der Waals surface area contributed by atoms with E-state index in [4.69, 9.17) is 5.11 Å². The number of fused-ring (bicyclic) bond motifs is 1. The topological polar surface area (TPSA) is 111 Å². The van der Waals surface area contributed by atoms with Crippen molar-refractivity contribution in [2.75, 3.05) is 10.6 Å². The highest BCUT2D eigenvalue weighted by Crippen LogP contribution is 2.34. The van der Waals surface area contributed by atoms with Gasteiger partial charge < -0.3 is 15.7 Å². The van der Waals surface area contributed by atoms with Gasteiger partial charge in [0.25, 0.3) is 0 Å². The summed E-state index contributed by atoms with van der Waals surface area (Å²) in [4.78, 5) is 18.1. The van der Waals surface area contributed by atoms with E-state index in [-0.39, 0.29) is 17.0 Å². The van der Waals surface area contributed by atoms with Gasteiger partial charge in [-0.25, -0.2) is 14.8 Å². The Kier molecular flexibility index (Phi) is 3.76. The number of anilines is 2. The van der Waals surface area contributed by atoms with Crippen LogP contribution in [0.2, 0.25) is 0 Å². The van der Waals surface area contributed by atoms with Crippen LogP contribution in [0.5, 0.6) is 0 Å². The number of halogens is 3. The maximum Gasteiger partial charge on any atom is 0.433 e. The maximum atomic E-state index is 12.8. The van der Waals surface area contributed by atoms with Crippen molar-refractivity contribution in [1.82, 2.24) is 9.97 Å². The van der Waals surface area contributed by atoms with Gasteiger partial charge >= 0.3 is 12.1 Å². The van der Waals surface area contributed by atoms with Crippen LogP contribution in [0.4, 0.5) is 24.5 Å². The molecule has 126 valence electrons. The fraction of sp³-hybridized carbons (Fsp3) is 0.0667. The Morgan fingerprint density at radius 2 is 1.92 bits per heavy atom. The summed E-state index contributed by atoms with van der Waals surface area (Å²) >= 11 is 0. The highest BCUT2D eigenvalue weighted by molar-refractivity contribution is 5.94. The van der Waals surface area contributed by atoms with Crippen LogP contribution in [-0.2, 0) is 6.18 Å². The third-order valence-electron chi connectivity index (χ3n) is 3.32. The first kappa shape index (κ1) is 16.3. The molecule has 2 heterocycles. The van der Waals surface area contributed by atoms with E-state index in [0.717, 1.165) is 6.20 Å². The molecule has 10 heteroatoms. The lowest BCUT2D eigenvalue weighted by atomic mass is 10.2. The molecule has 0 amide bonds. The summed E-state index contributed by atoms with van der Waals surface area (Å²) in [6.45, 7) is 0. The molecule has 0 bridgehead atoms. The van der Waals surface area contributed by atoms with Gasteiger partial charge in [0.1, 0.15) is 23.2 Å². The summed E-state index contributed by atoms with van der Waals surface area (Å²) in [5.41, 5.74) is -0.550. The van der Waals surface area contributed by atoms with Crippen molar-refractivity contribution in [2.45, 2.75) is 6.18 Å². The first-order chi connectivity index (χ1) is 11.8. The zero-order chi connectivity index (χ0) is 18.2. The van der Waals surface area contributed by atoms with Gasteiger partial charge in [-0.3, -0.25) is 0 Å². The minimum absolute atomic E-state index is 0.0168. The van der Waals surface area contributed by atoms with E-state index in [9.17, 15) is 23.2 Å². The van der Waals surface area contributed by atoms with E-state index in [1.54, 1.807) is 6.07 Å². The van der Waals surface area contributed by atoms with Gasteiger partial charge in [0.05, 0.1) is 16.9 Å². The average molecular weight is 347 g/mol. The number of hydrogen-bond acceptors (Lipinski definition) is 6. The van der Waals surface area contributed by atoms with Gasteiger partial charge in [-0.1, -0.05) is 0 Å². The predicted molar refractivity (Wildman–Crippen MR) is 80.2 cm³/mol. The van der Waals surface area contributed by atoms with Crippen molar-refractivity contribution in [1.29, 1.82) is 5.26 Å². The number of carboxylic acids is 1. The molecule has 0 saturated heterocycles. The zero-order valence-corrected chi connectivity index (χ0v) is 12.2. The molecule has 0 radical (unpaired) electrons.